The highest BCUT2D eigenvalue weighted by molar-refractivity contribution is 5.75. The number of amides is 1. The average molecular weight is 246 g/mol. The van der Waals surface area contributed by atoms with Gasteiger partial charge in [0.1, 0.15) is 24.9 Å². The number of benzene rings is 1. The number of nitrogens with one attached hydrogen (secondary N) is 1. The van der Waals surface area contributed by atoms with Crippen LogP contribution in [-0.2, 0) is 17.9 Å². The molecule has 1 N–H and O–H groups in total. The Kier molecular flexibility index (Phi) is 3.90. The summed E-state index contributed by atoms with van der Waals surface area (Å²) in [4.78, 5) is 15.4. The number of hydrogen-bond donors (Lipinski definition) is 1. The Morgan fingerprint density at radius 1 is 1.50 bits per heavy atom. The van der Waals surface area contributed by atoms with Crippen molar-refractivity contribution in [2.75, 3.05) is 7.11 Å². The van der Waals surface area contributed by atoms with Crippen molar-refractivity contribution in [3.05, 3.63) is 42.5 Å². The highest BCUT2D eigenvalue weighted by Gasteiger charge is 2.03. The molecule has 0 saturated carbocycles. The topological polar surface area (TPSA) is 69.0 Å². The summed E-state index contributed by atoms with van der Waals surface area (Å²) >= 11 is 0. The minimum atomic E-state index is -0.108. The number of rotatable bonds is 5. The molecule has 2 aromatic rings. The third-order valence-corrected chi connectivity index (χ3v) is 2.40. The third kappa shape index (κ3) is 3.31. The monoisotopic (exact) mass is 246 g/mol. The van der Waals surface area contributed by atoms with Crippen molar-refractivity contribution in [1.29, 1.82) is 0 Å². The van der Waals surface area contributed by atoms with E-state index in [1.54, 1.807) is 7.11 Å². The molecule has 1 heterocycles. The lowest BCUT2D eigenvalue weighted by Gasteiger charge is -2.06. The molecule has 18 heavy (non-hydrogen) atoms. The van der Waals surface area contributed by atoms with Crippen molar-refractivity contribution < 1.29 is 9.53 Å². The van der Waals surface area contributed by atoms with Crippen molar-refractivity contribution in [3.8, 4) is 5.75 Å². The van der Waals surface area contributed by atoms with E-state index < -0.39 is 0 Å². The quantitative estimate of drug-likeness (QED) is 0.839. The van der Waals surface area contributed by atoms with Gasteiger partial charge in [-0.1, -0.05) is 12.1 Å². The smallest absolute Gasteiger partial charge is 0.242 e. The van der Waals surface area contributed by atoms with Crippen LogP contribution in [0.15, 0.2) is 36.9 Å². The summed E-state index contributed by atoms with van der Waals surface area (Å²) < 4.78 is 6.58. The van der Waals surface area contributed by atoms with Crippen molar-refractivity contribution in [3.63, 3.8) is 0 Å². The molecule has 0 radical (unpaired) electrons. The van der Waals surface area contributed by atoms with Gasteiger partial charge in [-0.15, -0.1) is 0 Å². The highest BCUT2D eigenvalue weighted by atomic mass is 16.5. The first kappa shape index (κ1) is 12.1. The number of hydrogen-bond acceptors (Lipinski definition) is 4. The maximum Gasteiger partial charge on any atom is 0.242 e. The van der Waals surface area contributed by atoms with Crippen molar-refractivity contribution in [1.82, 2.24) is 20.1 Å². The summed E-state index contributed by atoms with van der Waals surface area (Å²) in [5.74, 6) is 0.668. The van der Waals surface area contributed by atoms with Crippen LogP contribution in [0.25, 0.3) is 0 Å². The lowest BCUT2D eigenvalue weighted by molar-refractivity contribution is -0.122. The summed E-state index contributed by atoms with van der Waals surface area (Å²) in [6, 6.07) is 7.56. The van der Waals surface area contributed by atoms with E-state index in [9.17, 15) is 4.79 Å². The molecular weight excluding hydrogens is 232 g/mol. The van der Waals surface area contributed by atoms with E-state index >= 15 is 0 Å². The Hall–Kier alpha value is -2.37. The van der Waals surface area contributed by atoms with Crippen LogP contribution in [0.2, 0.25) is 0 Å². The lowest BCUT2D eigenvalue weighted by atomic mass is 10.2. The van der Waals surface area contributed by atoms with Gasteiger partial charge in [0.05, 0.1) is 7.11 Å². The molecule has 1 aromatic carbocycles. The Bertz CT molecular complexity index is 511. The maximum absolute atomic E-state index is 11.6. The molecule has 0 unspecified atom stereocenters. The molecule has 0 aliphatic carbocycles. The summed E-state index contributed by atoms with van der Waals surface area (Å²) in [6.07, 6.45) is 2.90. The number of methoxy groups -OCH3 is 1. The number of nitrogens with zero attached hydrogens (tertiary/aromatic N) is 3. The van der Waals surface area contributed by atoms with E-state index in [1.807, 2.05) is 24.3 Å². The van der Waals surface area contributed by atoms with Gasteiger partial charge in [0.25, 0.3) is 0 Å². The molecule has 0 saturated heterocycles. The standard InChI is InChI=1S/C12H14N4O2/c1-18-11-4-2-3-10(5-11)6-14-12(17)7-16-9-13-8-15-16/h2-5,8-9H,6-7H2,1H3,(H,14,17). The van der Waals surface area contributed by atoms with E-state index in [4.69, 9.17) is 4.74 Å². The second-order valence-corrected chi connectivity index (χ2v) is 3.72. The van der Waals surface area contributed by atoms with Gasteiger partial charge in [-0.25, -0.2) is 9.67 Å². The molecule has 6 heteroatoms. The van der Waals surface area contributed by atoms with Crippen LogP contribution in [0, 0.1) is 0 Å². The second-order valence-electron chi connectivity index (χ2n) is 3.72. The molecule has 0 atom stereocenters. The Balaban J connectivity index is 1.85. The normalized spacial score (nSPS) is 10.1. The van der Waals surface area contributed by atoms with E-state index in [-0.39, 0.29) is 12.5 Å². The van der Waals surface area contributed by atoms with Crippen LogP contribution >= 0.6 is 0 Å². The van der Waals surface area contributed by atoms with Crippen LogP contribution in [0.1, 0.15) is 5.56 Å². The van der Waals surface area contributed by atoms with Gasteiger partial charge < -0.3 is 10.1 Å². The summed E-state index contributed by atoms with van der Waals surface area (Å²) in [6.45, 7) is 0.634. The minimum Gasteiger partial charge on any atom is -0.497 e. The van der Waals surface area contributed by atoms with Crippen molar-refractivity contribution in [2.45, 2.75) is 13.1 Å². The zero-order valence-corrected chi connectivity index (χ0v) is 10.0. The van der Waals surface area contributed by atoms with Gasteiger partial charge in [0.2, 0.25) is 5.91 Å². The van der Waals surface area contributed by atoms with Crippen LogP contribution in [0.4, 0.5) is 0 Å². The molecule has 1 aromatic heterocycles. The molecule has 0 aliphatic rings. The van der Waals surface area contributed by atoms with Crippen LogP contribution in [0.5, 0.6) is 5.75 Å². The van der Waals surface area contributed by atoms with Crippen LogP contribution in [-0.4, -0.2) is 27.8 Å². The largest absolute Gasteiger partial charge is 0.497 e. The predicted octanol–water partition coefficient (Wildman–Crippen LogP) is 0.603. The first-order valence-electron chi connectivity index (χ1n) is 5.50. The minimum absolute atomic E-state index is 0.108. The van der Waals surface area contributed by atoms with E-state index in [1.165, 1.54) is 17.3 Å². The van der Waals surface area contributed by atoms with Crippen LogP contribution < -0.4 is 10.1 Å². The average Bonchev–Trinajstić information content (AvgIpc) is 2.89. The molecule has 2 rings (SSSR count). The van der Waals surface area contributed by atoms with Gasteiger partial charge in [-0.3, -0.25) is 4.79 Å². The fraction of sp³-hybridized carbons (Fsp3) is 0.250. The molecular formula is C12H14N4O2. The molecule has 6 nitrogen and oxygen atoms in total. The summed E-state index contributed by atoms with van der Waals surface area (Å²) in [5.41, 5.74) is 0.987. The lowest BCUT2D eigenvalue weighted by Crippen LogP contribution is -2.27. The molecule has 1 amide bonds. The maximum atomic E-state index is 11.6. The SMILES string of the molecule is COc1cccc(CNC(=O)Cn2cncn2)c1. The van der Waals surface area contributed by atoms with Gasteiger partial charge in [0, 0.05) is 6.54 Å². The number of aromatic nitrogens is 3. The zero-order chi connectivity index (χ0) is 12.8. The molecule has 0 bridgehead atoms. The van der Waals surface area contributed by atoms with E-state index in [0.29, 0.717) is 6.54 Å². The van der Waals surface area contributed by atoms with Crippen LogP contribution in [0.3, 0.4) is 0 Å². The fourth-order valence-corrected chi connectivity index (χ4v) is 1.50. The second kappa shape index (κ2) is 5.81. The summed E-state index contributed by atoms with van der Waals surface area (Å²) in [5, 5.41) is 6.67. The number of carbonyl (C=O) groups is 1. The van der Waals surface area contributed by atoms with Crippen molar-refractivity contribution in [2.24, 2.45) is 0 Å². The number of ether oxygens (including phenoxy) is 1. The molecule has 0 aliphatic heterocycles. The first-order chi connectivity index (χ1) is 8.78. The van der Waals surface area contributed by atoms with Gasteiger partial charge in [0.15, 0.2) is 0 Å². The third-order valence-electron chi connectivity index (χ3n) is 2.40. The first-order valence-corrected chi connectivity index (χ1v) is 5.50. The highest BCUT2D eigenvalue weighted by Crippen LogP contribution is 2.11. The number of carbonyl (C=O) groups excluding carboxylic acids is 1. The van der Waals surface area contributed by atoms with Gasteiger partial charge >= 0.3 is 0 Å². The Morgan fingerprint density at radius 2 is 2.39 bits per heavy atom. The predicted molar refractivity (Wildman–Crippen MR) is 64.9 cm³/mol. The molecule has 94 valence electrons. The van der Waals surface area contributed by atoms with Gasteiger partial charge in [-0.05, 0) is 17.7 Å². The zero-order valence-electron chi connectivity index (χ0n) is 10.0. The van der Waals surface area contributed by atoms with Crippen molar-refractivity contribution >= 4 is 5.91 Å². The fourth-order valence-electron chi connectivity index (χ4n) is 1.50. The Labute approximate surface area is 105 Å². The van der Waals surface area contributed by atoms with Gasteiger partial charge in [-0.2, -0.15) is 5.10 Å². The Morgan fingerprint density at radius 3 is 3.11 bits per heavy atom. The van der Waals surface area contributed by atoms with E-state index in [0.717, 1.165) is 11.3 Å². The molecule has 0 spiro atoms. The molecule has 0 fully saturated rings. The van der Waals surface area contributed by atoms with E-state index in [2.05, 4.69) is 15.4 Å². The summed E-state index contributed by atoms with van der Waals surface area (Å²) in [7, 11) is 1.61.